The molecule has 0 saturated carbocycles. The van der Waals surface area contributed by atoms with Crippen LogP contribution in [0.3, 0.4) is 0 Å². The number of benzene rings is 2. The molecule has 0 aliphatic carbocycles. The van der Waals surface area contributed by atoms with Crippen molar-refractivity contribution in [2.24, 2.45) is 0 Å². The molecular weight excluding hydrogens is 360 g/mol. The van der Waals surface area contributed by atoms with Crippen LogP contribution < -0.4 is 4.74 Å². The molecule has 6 nitrogen and oxygen atoms in total. The molecule has 1 N–H and O–H groups in total. The average molecular weight is 378 g/mol. The van der Waals surface area contributed by atoms with Crippen molar-refractivity contribution in [2.75, 3.05) is 12.4 Å². The lowest BCUT2D eigenvalue weighted by molar-refractivity contribution is 0.126. The number of hydrogen-bond acceptors (Lipinski definition) is 6. The monoisotopic (exact) mass is 378 g/mol. The number of hydrogen-bond donors (Lipinski definition) is 1. The lowest BCUT2D eigenvalue weighted by atomic mass is 10.1. The van der Waals surface area contributed by atoms with Gasteiger partial charge in [0.05, 0.1) is 6.10 Å². The van der Waals surface area contributed by atoms with Crippen molar-refractivity contribution in [3.63, 3.8) is 0 Å². The third-order valence-electron chi connectivity index (χ3n) is 3.91. The van der Waals surface area contributed by atoms with Crippen LogP contribution in [0, 0.1) is 0 Å². The maximum absolute atomic E-state index is 10.2. The highest BCUT2D eigenvalue weighted by molar-refractivity contribution is 7.99. The topological polar surface area (TPSA) is 72.5 Å². The van der Waals surface area contributed by atoms with Gasteiger partial charge in [0.1, 0.15) is 12.4 Å². The van der Waals surface area contributed by atoms with Gasteiger partial charge in [0, 0.05) is 18.1 Å². The van der Waals surface area contributed by atoms with E-state index < -0.39 is 6.10 Å². The van der Waals surface area contributed by atoms with Crippen LogP contribution in [0.4, 0.5) is 0 Å². The highest BCUT2D eigenvalue weighted by atomic mass is 32.2. The number of ether oxygens (including phenoxy) is 1. The van der Waals surface area contributed by atoms with E-state index in [9.17, 15) is 5.11 Å². The number of aliphatic hydroxyl groups is 1. The van der Waals surface area contributed by atoms with E-state index in [1.54, 1.807) is 23.0 Å². The summed E-state index contributed by atoms with van der Waals surface area (Å²) in [5, 5.41) is 15.0. The molecule has 27 heavy (non-hydrogen) atoms. The summed E-state index contributed by atoms with van der Waals surface area (Å²) in [7, 11) is 0. The molecule has 0 saturated heterocycles. The molecule has 0 aliphatic heterocycles. The second-order valence-corrected chi connectivity index (χ2v) is 6.91. The van der Waals surface area contributed by atoms with Gasteiger partial charge in [-0.15, -0.1) is 5.10 Å². The predicted octanol–water partition coefficient (Wildman–Crippen LogP) is 3.32. The third-order valence-corrected chi connectivity index (χ3v) is 4.89. The van der Waals surface area contributed by atoms with Crippen molar-refractivity contribution in [3.8, 4) is 16.9 Å². The van der Waals surface area contributed by atoms with E-state index in [0.29, 0.717) is 16.7 Å². The van der Waals surface area contributed by atoms with Gasteiger partial charge in [-0.1, -0.05) is 54.2 Å². The van der Waals surface area contributed by atoms with E-state index in [4.69, 9.17) is 4.74 Å². The first kappa shape index (κ1) is 17.5. The Kier molecular flexibility index (Phi) is 5.32. The molecule has 0 bridgehead atoms. The molecule has 0 radical (unpaired) electrons. The second-order valence-electron chi connectivity index (χ2n) is 5.92. The van der Waals surface area contributed by atoms with Gasteiger partial charge < -0.3 is 9.84 Å². The Labute approximate surface area is 160 Å². The smallest absolute Gasteiger partial charge is 0.253 e. The molecule has 2 heterocycles. The Morgan fingerprint density at radius 3 is 2.56 bits per heavy atom. The zero-order valence-electron chi connectivity index (χ0n) is 14.5. The van der Waals surface area contributed by atoms with Crippen molar-refractivity contribution in [2.45, 2.75) is 11.3 Å². The van der Waals surface area contributed by atoms with E-state index >= 15 is 0 Å². The summed E-state index contributed by atoms with van der Waals surface area (Å²) < 4.78 is 7.29. The van der Waals surface area contributed by atoms with Crippen molar-refractivity contribution >= 4 is 17.5 Å². The van der Waals surface area contributed by atoms with Gasteiger partial charge in [0.15, 0.2) is 0 Å². The summed E-state index contributed by atoms with van der Waals surface area (Å²) in [6.45, 7) is 0.212. The normalized spacial score (nSPS) is 12.2. The Morgan fingerprint density at radius 1 is 1.00 bits per heavy atom. The standard InChI is InChI=1S/C20H18N4O2S/c25-17(14-27-20-22-19-21-11-4-12-24(19)23-20)13-26-18-9-7-16(8-10-18)15-5-2-1-3-6-15/h1-12,17,25H,13-14H2. The molecule has 4 rings (SSSR count). The fourth-order valence-electron chi connectivity index (χ4n) is 2.56. The summed E-state index contributed by atoms with van der Waals surface area (Å²) >= 11 is 1.38. The lowest BCUT2D eigenvalue weighted by Gasteiger charge is -2.11. The van der Waals surface area contributed by atoms with E-state index in [-0.39, 0.29) is 6.61 Å². The zero-order chi connectivity index (χ0) is 18.5. The Bertz CT molecular complexity index is 972. The summed E-state index contributed by atoms with van der Waals surface area (Å²) in [4.78, 5) is 8.42. The Balaban J connectivity index is 1.28. The highest BCUT2D eigenvalue weighted by Crippen LogP contribution is 2.22. The summed E-state index contributed by atoms with van der Waals surface area (Å²) in [5.74, 6) is 1.72. The molecule has 2 aromatic carbocycles. The first-order valence-electron chi connectivity index (χ1n) is 8.54. The molecule has 1 unspecified atom stereocenters. The average Bonchev–Trinajstić information content (AvgIpc) is 3.15. The maximum Gasteiger partial charge on any atom is 0.253 e. The van der Waals surface area contributed by atoms with Crippen LogP contribution in [0.2, 0.25) is 0 Å². The number of fused-ring (bicyclic) bond motifs is 1. The molecule has 0 fully saturated rings. The van der Waals surface area contributed by atoms with Gasteiger partial charge in [0.25, 0.3) is 5.78 Å². The number of nitrogens with zero attached hydrogens (tertiary/aromatic N) is 4. The molecule has 1 atom stereocenters. The predicted molar refractivity (Wildman–Crippen MR) is 105 cm³/mol. The van der Waals surface area contributed by atoms with Crippen LogP contribution >= 0.6 is 11.8 Å². The van der Waals surface area contributed by atoms with Crippen LogP contribution in [-0.4, -0.2) is 43.2 Å². The number of aromatic nitrogens is 4. The first-order chi connectivity index (χ1) is 13.3. The van der Waals surface area contributed by atoms with Crippen LogP contribution in [0.15, 0.2) is 78.2 Å². The van der Waals surface area contributed by atoms with Crippen molar-refractivity contribution in [1.29, 1.82) is 0 Å². The minimum Gasteiger partial charge on any atom is -0.491 e. The first-order valence-corrected chi connectivity index (χ1v) is 9.53. The molecule has 0 amide bonds. The Morgan fingerprint density at radius 2 is 1.78 bits per heavy atom. The van der Waals surface area contributed by atoms with Crippen LogP contribution in [0.5, 0.6) is 5.75 Å². The number of rotatable bonds is 7. The SMILES string of the molecule is OC(COc1ccc(-c2ccccc2)cc1)CSc1nc2ncccn2n1. The number of aliphatic hydroxyl groups excluding tert-OH is 1. The van der Waals surface area contributed by atoms with Crippen molar-refractivity contribution in [3.05, 3.63) is 73.1 Å². The fraction of sp³-hybridized carbons (Fsp3) is 0.150. The van der Waals surface area contributed by atoms with Crippen LogP contribution in [0.1, 0.15) is 0 Å². The fourth-order valence-corrected chi connectivity index (χ4v) is 3.29. The van der Waals surface area contributed by atoms with Crippen LogP contribution in [0.25, 0.3) is 16.9 Å². The van der Waals surface area contributed by atoms with Gasteiger partial charge in [-0.3, -0.25) is 0 Å². The van der Waals surface area contributed by atoms with Gasteiger partial charge in [-0.25, -0.2) is 9.50 Å². The van der Waals surface area contributed by atoms with E-state index in [0.717, 1.165) is 16.9 Å². The van der Waals surface area contributed by atoms with Crippen molar-refractivity contribution < 1.29 is 9.84 Å². The molecule has 0 spiro atoms. The molecule has 136 valence electrons. The summed E-state index contributed by atoms with van der Waals surface area (Å²) in [6, 6.07) is 19.8. The minimum atomic E-state index is -0.622. The molecule has 2 aromatic heterocycles. The quantitative estimate of drug-likeness (QED) is 0.498. The third kappa shape index (κ3) is 4.45. The largest absolute Gasteiger partial charge is 0.491 e. The van der Waals surface area contributed by atoms with Gasteiger partial charge in [-0.2, -0.15) is 4.98 Å². The highest BCUT2D eigenvalue weighted by Gasteiger charge is 2.10. The van der Waals surface area contributed by atoms with E-state index in [1.165, 1.54) is 11.8 Å². The van der Waals surface area contributed by atoms with Gasteiger partial charge in [0.2, 0.25) is 5.16 Å². The van der Waals surface area contributed by atoms with E-state index in [1.807, 2.05) is 42.5 Å². The molecule has 0 aliphatic rings. The molecule has 7 heteroatoms. The molecular formula is C20H18N4O2S. The van der Waals surface area contributed by atoms with Gasteiger partial charge in [-0.05, 0) is 29.3 Å². The van der Waals surface area contributed by atoms with Crippen LogP contribution in [-0.2, 0) is 0 Å². The van der Waals surface area contributed by atoms with Gasteiger partial charge >= 0.3 is 0 Å². The molecule has 4 aromatic rings. The second kappa shape index (κ2) is 8.20. The summed E-state index contributed by atoms with van der Waals surface area (Å²) in [6.07, 6.45) is 2.84. The maximum atomic E-state index is 10.2. The number of thioether (sulfide) groups is 1. The van der Waals surface area contributed by atoms with Crippen molar-refractivity contribution in [1.82, 2.24) is 19.6 Å². The summed E-state index contributed by atoms with van der Waals surface area (Å²) in [5.41, 5.74) is 2.29. The lowest BCUT2D eigenvalue weighted by Crippen LogP contribution is -2.20. The van der Waals surface area contributed by atoms with E-state index in [2.05, 4.69) is 27.2 Å². The minimum absolute atomic E-state index is 0.212. The zero-order valence-corrected chi connectivity index (χ0v) is 15.3. The Hall–Kier alpha value is -2.90.